The van der Waals surface area contributed by atoms with Crippen LogP contribution in [0.2, 0.25) is 0 Å². The first kappa shape index (κ1) is 16.7. The van der Waals surface area contributed by atoms with Crippen molar-refractivity contribution in [1.29, 1.82) is 0 Å². The minimum atomic E-state index is -1.05. The van der Waals surface area contributed by atoms with Crippen molar-refractivity contribution in [2.75, 3.05) is 0 Å². The molecule has 1 aliphatic rings. The SMILES string of the molecule is O=C(O)[C@H](c1ccc(C2CCCCC2)cc1)[C@H](O)c1ccccc1. The van der Waals surface area contributed by atoms with E-state index in [1.165, 1.54) is 37.7 Å². The summed E-state index contributed by atoms with van der Waals surface area (Å²) in [7, 11) is 0. The molecule has 1 aliphatic carbocycles. The molecule has 0 saturated heterocycles. The van der Waals surface area contributed by atoms with E-state index in [1.54, 1.807) is 12.1 Å². The topological polar surface area (TPSA) is 57.5 Å². The average Bonchev–Trinajstić information content (AvgIpc) is 2.63. The van der Waals surface area contributed by atoms with Crippen LogP contribution < -0.4 is 0 Å². The third-order valence-corrected chi connectivity index (χ3v) is 5.10. The van der Waals surface area contributed by atoms with Crippen LogP contribution in [0.3, 0.4) is 0 Å². The van der Waals surface area contributed by atoms with Crippen molar-refractivity contribution in [3.05, 3.63) is 71.3 Å². The van der Waals surface area contributed by atoms with E-state index >= 15 is 0 Å². The van der Waals surface area contributed by atoms with Crippen LogP contribution in [0.25, 0.3) is 0 Å². The van der Waals surface area contributed by atoms with Crippen LogP contribution in [-0.4, -0.2) is 16.2 Å². The van der Waals surface area contributed by atoms with Gasteiger partial charge in [-0.15, -0.1) is 0 Å². The van der Waals surface area contributed by atoms with E-state index in [-0.39, 0.29) is 0 Å². The van der Waals surface area contributed by atoms with Crippen molar-refractivity contribution in [2.45, 2.75) is 50.0 Å². The van der Waals surface area contributed by atoms with Gasteiger partial charge in [0.15, 0.2) is 0 Å². The van der Waals surface area contributed by atoms with E-state index in [0.29, 0.717) is 17.0 Å². The number of carbonyl (C=O) groups is 1. The van der Waals surface area contributed by atoms with Gasteiger partial charge in [-0.1, -0.05) is 73.9 Å². The van der Waals surface area contributed by atoms with Gasteiger partial charge < -0.3 is 10.2 Å². The summed E-state index contributed by atoms with van der Waals surface area (Å²) >= 11 is 0. The van der Waals surface area contributed by atoms with Crippen molar-refractivity contribution < 1.29 is 15.0 Å². The molecule has 0 radical (unpaired) electrons. The molecular weight excluding hydrogens is 300 g/mol. The van der Waals surface area contributed by atoms with Crippen LogP contribution in [-0.2, 0) is 4.79 Å². The van der Waals surface area contributed by atoms with Gasteiger partial charge in [-0.3, -0.25) is 4.79 Å². The highest BCUT2D eigenvalue weighted by Crippen LogP contribution is 2.35. The molecule has 0 bridgehead atoms. The first-order chi connectivity index (χ1) is 11.7. The molecule has 3 rings (SSSR count). The van der Waals surface area contributed by atoms with Crippen molar-refractivity contribution in [2.24, 2.45) is 0 Å². The second-order valence-electron chi connectivity index (χ2n) is 6.67. The molecule has 126 valence electrons. The maximum Gasteiger partial charge on any atom is 0.314 e. The van der Waals surface area contributed by atoms with Crippen molar-refractivity contribution in [3.63, 3.8) is 0 Å². The molecule has 3 nitrogen and oxygen atoms in total. The number of carboxylic acid groups (broad SMARTS) is 1. The summed E-state index contributed by atoms with van der Waals surface area (Å²) in [4.78, 5) is 11.7. The van der Waals surface area contributed by atoms with Gasteiger partial charge in [0, 0.05) is 0 Å². The molecule has 1 saturated carbocycles. The molecule has 2 N–H and O–H groups in total. The zero-order chi connectivity index (χ0) is 16.9. The summed E-state index contributed by atoms with van der Waals surface area (Å²) in [5.41, 5.74) is 2.57. The number of hydrogen-bond acceptors (Lipinski definition) is 2. The summed E-state index contributed by atoms with van der Waals surface area (Å²) in [5.74, 6) is -1.36. The second-order valence-corrected chi connectivity index (χ2v) is 6.67. The van der Waals surface area contributed by atoms with E-state index < -0.39 is 18.0 Å². The Morgan fingerprint density at radius 2 is 1.50 bits per heavy atom. The molecule has 24 heavy (non-hydrogen) atoms. The van der Waals surface area contributed by atoms with Crippen molar-refractivity contribution in [3.8, 4) is 0 Å². The highest BCUT2D eigenvalue weighted by atomic mass is 16.4. The predicted octanol–water partition coefficient (Wildman–Crippen LogP) is 4.64. The fourth-order valence-electron chi connectivity index (χ4n) is 3.71. The van der Waals surface area contributed by atoms with Crippen LogP contribution in [0, 0.1) is 0 Å². The highest BCUT2D eigenvalue weighted by molar-refractivity contribution is 5.77. The number of aliphatic carboxylic acids is 1. The summed E-state index contributed by atoms with van der Waals surface area (Å²) in [6.07, 6.45) is 5.25. The Bertz CT molecular complexity index is 657. The van der Waals surface area contributed by atoms with Crippen LogP contribution in [0.1, 0.15) is 66.7 Å². The van der Waals surface area contributed by atoms with E-state index in [0.717, 1.165) is 0 Å². The maximum atomic E-state index is 11.7. The smallest absolute Gasteiger partial charge is 0.314 e. The van der Waals surface area contributed by atoms with Crippen molar-refractivity contribution in [1.82, 2.24) is 0 Å². The fourth-order valence-corrected chi connectivity index (χ4v) is 3.71. The first-order valence-corrected chi connectivity index (χ1v) is 8.72. The zero-order valence-corrected chi connectivity index (χ0v) is 13.8. The third-order valence-electron chi connectivity index (χ3n) is 5.10. The van der Waals surface area contributed by atoms with Crippen LogP contribution in [0.4, 0.5) is 0 Å². The Balaban J connectivity index is 1.82. The van der Waals surface area contributed by atoms with E-state index in [2.05, 4.69) is 0 Å². The van der Waals surface area contributed by atoms with Crippen LogP contribution in [0.5, 0.6) is 0 Å². The molecule has 0 heterocycles. The quantitative estimate of drug-likeness (QED) is 0.842. The lowest BCUT2D eigenvalue weighted by Crippen LogP contribution is -2.20. The minimum absolute atomic E-state index is 0.593. The minimum Gasteiger partial charge on any atom is -0.481 e. The Hall–Kier alpha value is -2.13. The largest absolute Gasteiger partial charge is 0.481 e. The number of aliphatic hydroxyl groups is 1. The molecule has 0 spiro atoms. The Morgan fingerprint density at radius 1 is 0.875 bits per heavy atom. The molecule has 2 aromatic carbocycles. The number of aliphatic hydroxyl groups excluding tert-OH is 1. The Labute approximate surface area is 143 Å². The summed E-state index contributed by atoms with van der Waals surface area (Å²) in [6.45, 7) is 0. The van der Waals surface area contributed by atoms with Crippen LogP contribution >= 0.6 is 0 Å². The van der Waals surface area contributed by atoms with E-state index in [4.69, 9.17) is 0 Å². The van der Waals surface area contributed by atoms with Gasteiger partial charge >= 0.3 is 5.97 Å². The zero-order valence-electron chi connectivity index (χ0n) is 13.8. The third kappa shape index (κ3) is 3.68. The molecule has 0 amide bonds. The number of benzene rings is 2. The molecule has 3 heteroatoms. The lowest BCUT2D eigenvalue weighted by molar-refractivity contribution is -0.141. The van der Waals surface area contributed by atoms with Gasteiger partial charge in [-0.25, -0.2) is 0 Å². The molecule has 0 aromatic heterocycles. The molecular formula is C21H24O3. The Morgan fingerprint density at radius 3 is 2.08 bits per heavy atom. The number of carboxylic acids is 1. The van der Waals surface area contributed by atoms with E-state index in [9.17, 15) is 15.0 Å². The fraction of sp³-hybridized carbons (Fsp3) is 0.381. The predicted molar refractivity (Wildman–Crippen MR) is 94.0 cm³/mol. The van der Waals surface area contributed by atoms with Gasteiger partial charge in [0.25, 0.3) is 0 Å². The lowest BCUT2D eigenvalue weighted by atomic mass is 9.82. The molecule has 0 aliphatic heterocycles. The van der Waals surface area contributed by atoms with Gasteiger partial charge in [0.2, 0.25) is 0 Å². The molecule has 1 fully saturated rings. The van der Waals surface area contributed by atoms with Gasteiger partial charge in [0.1, 0.15) is 5.92 Å². The average molecular weight is 324 g/mol. The maximum absolute atomic E-state index is 11.7. The van der Waals surface area contributed by atoms with Crippen molar-refractivity contribution >= 4 is 5.97 Å². The van der Waals surface area contributed by atoms with Gasteiger partial charge in [0.05, 0.1) is 6.10 Å². The number of hydrogen-bond donors (Lipinski definition) is 2. The van der Waals surface area contributed by atoms with E-state index in [1.807, 2.05) is 42.5 Å². The summed E-state index contributed by atoms with van der Waals surface area (Å²) < 4.78 is 0. The molecule has 0 unspecified atom stereocenters. The van der Waals surface area contributed by atoms with Gasteiger partial charge in [-0.05, 0) is 35.4 Å². The normalized spacial score (nSPS) is 18.0. The van der Waals surface area contributed by atoms with Gasteiger partial charge in [-0.2, -0.15) is 0 Å². The Kier molecular flexibility index (Phi) is 5.31. The number of rotatable bonds is 5. The standard InChI is InChI=1S/C21H24O3/c22-20(18-9-5-2-6-10-18)19(21(23)24)17-13-11-16(12-14-17)15-7-3-1-4-8-15/h2,5-6,9-15,19-20,22H,1,3-4,7-8H2,(H,23,24)/t19-,20-/m1/s1. The summed E-state index contributed by atoms with van der Waals surface area (Å²) in [6, 6.07) is 16.8. The molecule has 2 aromatic rings. The monoisotopic (exact) mass is 324 g/mol. The second kappa shape index (κ2) is 7.63. The highest BCUT2D eigenvalue weighted by Gasteiger charge is 2.29. The lowest BCUT2D eigenvalue weighted by Gasteiger charge is -2.23. The molecule has 2 atom stereocenters. The summed E-state index contributed by atoms with van der Waals surface area (Å²) in [5, 5.41) is 20.2. The van der Waals surface area contributed by atoms with Crippen LogP contribution in [0.15, 0.2) is 54.6 Å². The first-order valence-electron chi connectivity index (χ1n) is 8.72.